The number of nitrogens with zero attached hydrogens (tertiary/aromatic N) is 3. The second-order valence-electron chi connectivity index (χ2n) is 5.59. The maximum absolute atomic E-state index is 4.27. The van der Waals surface area contributed by atoms with E-state index < -0.39 is 0 Å². The van der Waals surface area contributed by atoms with Crippen molar-refractivity contribution in [3.8, 4) is 0 Å². The van der Waals surface area contributed by atoms with E-state index >= 15 is 0 Å². The highest BCUT2D eigenvalue weighted by molar-refractivity contribution is 14.0. The minimum absolute atomic E-state index is 0. The van der Waals surface area contributed by atoms with E-state index in [0.717, 1.165) is 51.6 Å². The summed E-state index contributed by atoms with van der Waals surface area (Å²) in [5.74, 6) is 0.886. The molecule has 0 radical (unpaired) electrons. The molecule has 1 rings (SSSR count). The van der Waals surface area contributed by atoms with Crippen molar-refractivity contribution in [3.63, 3.8) is 0 Å². The van der Waals surface area contributed by atoms with Crippen LogP contribution in [-0.4, -0.2) is 64.2 Å². The van der Waals surface area contributed by atoms with Crippen LogP contribution in [0.3, 0.4) is 0 Å². The lowest BCUT2D eigenvalue weighted by molar-refractivity contribution is 0.357. The third-order valence-corrected chi connectivity index (χ3v) is 3.95. The van der Waals surface area contributed by atoms with Gasteiger partial charge < -0.3 is 20.4 Å². The fraction of sp³-hybridized carbons (Fsp3) is 0.611. The first-order chi connectivity index (χ1) is 11.2. The molecule has 0 aliphatic carbocycles. The van der Waals surface area contributed by atoms with Crippen molar-refractivity contribution >= 4 is 35.6 Å². The molecule has 0 saturated carbocycles. The van der Waals surface area contributed by atoms with Gasteiger partial charge in [0, 0.05) is 45.5 Å². The Morgan fingerprint density at radius 2 is 1.67 bits per heavy atom. The number of anilines is 1. The summed E-state index contributed by atoms with van der Waals surface area (Å²) < 4.78 is 0. The minimum atomic E-state index is 0. The van der Waals surface area contributed by atoms with E-state index in [-0.39, 0.29) is 24.0 Å². The number of halogens is 1. The van der Waals surface area contributed by atoms with Gasteiger partial charge in [0.2, 0.25) is 0 Å². The number of para-hydroxylation sites is 1. The zero-order valence-corrected chi connectivity index (χ0v) is 17.9. The lowest BCUT2D eigenvalue weighted by atomic mass is 10.2. The Labute approximate surface area is 164 Å². The molecule has 5 nitrogen and oxygen atoms in total. The number of likely N-dealkylation sites (N-methyl/N-ethyl adjacent to an activating group) is 1. The highest BCUT2D eigenvalue weighted by Gasteiger charge is 2.03. The van der Waals surface area contributed by atoms with Gasteiger partial charge in [0.25, 0.3) is 0 Å². The first kappa shape index (κ1) is 23.0. The van der Waals surface area contributed by atoms with Crippen LogP contribution in [0.25, 0.3) is 0 Å². The van der Waals surface area contributed by atoms with Crippen LogP contribution in [0.5, 0.6) is 0 Å². The molecule has 0 saturated heterocycles. The Kier molecular flexibility index (Phi) is 13.7. The molecule has 24 heavy (non-hydrogen) atoms. The molecule has 0 aliphatic rings. The highest BCUT2D eigenvalue weighted by Crippen LogP contribution is 2.12. The van der Waals surface area contributed by atoms with Crippen molar-refractivity contribution in [1.29, 1.82) is 0 Å². The Bertz CT molecular complexity index is 438. The monoisotopic (exact) mass is 447 g/mol. The second-order valence-corrected chi connectivity index (χ2v) is 5.59. The van der Waals surface area contributed by atoms with Gasteiger partial charge in [-0.2, -0.15) is 0 Å². The smallest absolute Gasteiger partial charge is 0.191 e. The summed E-state index contributed by atoms with van der Waals surface area (Å²) in [6.45, 7) is 10.4. The Hall–Kier alpha value is -1.02. The predicted octanol–water partition coefficient (Wildman–Crippen LogP) is 2.64. The maximum Gasteiger partial charge on any atom is 0.191 e. The van der Waals surface area contributed by atoms with Gasteiger partial charge in [-0.05, 0) is 39.1 Å². The summed E-state index contributed by atoms with van der Waals surface area (Å²) >= 11 is 0. The molecule has 0 unspecified atom stereocenters. The quantitative estimate of drug-likeness (QED) is 0.251. The Morgan fingerprint density at radius 1 is 1.00 bits per heavy atom. The molecule has 6 heteroatoms. The van der Waals surface area contributed by atoms with Crippen molar-refractivity contribution in [3.05, 3.63) is 30.3 Å². The molecule has 1 aromatic carbocycles. The van der Waals surface area contributed by atoms with Gasteiger partial charge in [-0.1, -0.05) is 25.1 Å². The summed E-state index contributed by atoms with van der Waals surface area (Å²) in [6, 6.07) is 10.6. The molecule has 0 atom stereocenters. The third-order valence-electron chi connectivity index (χ3n) is 3.95. The number of aliphatic imine (C=N–C) groups is 1. The average molecular weight is 447 g/mol. The fourth-order valence-electron chi connectivity index (χ4n) is 2.33. The van der Waals surface area contributed by atoms with E-state index in [2.05, 4.69) is 76.7 Å². The van der Waals surface area contributed by atoms with E-state index in [1.165, 1.54) is 5.69 Å². The molecule has 0 aliphatic heterocycles. The third kappa shape index (κ3) is 9.32. The average Bonchev–Trinajstić information content (AvgIpc) is 2.60. The first-order valence-corrected chi connectivity index (χ1v) is 8.64. The molecule has 0 fully saturated rings. The minimum Gasteiger partial charge on any atom is -0.372 e. The Balaban J connectivity index is 0.00000529. The SMILES string of the molecule is CCN(C)CCNC(=NC)NCCCN(CC)c1ccccc1.I. The largest absolute Gasteiger partial charge is 0.372 e. The van der Waals surface area contributed by atoms with Crippen molar-refractivity contribution in [1.82, 2.24) is 15.5 Å². The highest BCUT2D eigenvalue weighted by atomic mass is 127. The molecule has 0 bridgehead atoms. The van der Waals surface area contributed by atoms with Crippen LogP contribution >= 0.6 is 24.0 Å². The predicted molar refractivity (Wildman–Crippen MR) is 117 cm³/mol. The molecule has 1 aromatic rings. The summed E-state index contributed by atoms with van der Waals surface area (Å²) in [6.07, 6.45) is 1.08. The molecular weight excluding hydrogens is 413 g/mol. The lowest BCUT2D eigenvalue weighted by Gasteiger charge is -2.23. The van der Waals surface area contributed by atoms with Crippen LogP contribution in [0.1, 0.15) is 20.3 Å². The lowest BCUT2D eigenvalue weighted by Crippen LogP contribution is -2.41. The first-order valence-electron chi connectivity index (χ1n) is 8.64. The second kappa shape index (κ2) is 14.3. The van der Waals surface area contributed by atoms with E-state index in [1.54, 1.807) is 0 Å². The van der Waals surface area contributed by atoms with Gasteiger partial charge in [0.05, 0.1) is 0 Å². The Morgan fingerprint density at radius 3 is 2.25 bits per heavy atom. The summed E-state index contributed by atoms with van der Waals surface area (Å²) in [5.41, 5.74) is 1.29. The number of nitrogens with one attached hydrogen (secondary N) is 2. The summed E-state index contributed by atoms with van der Waals surface area (Å²) in [7, 11) is 3.95. The molecule has 138 valence electrons. The molecule has 0 spiro atoms. The number of rotatable bonds is 10. The maximum atomic E-state index is 4.27. The van der Waals surface area contributed by atoms with E-state index in [1.807, 2.05) is 7.05 Å². The zero-order chi connectivity index (χ0) is 16.9. The zero-order valence-electron chi connectivity index (χ0n) is 15.6. The molecular formula is C18H34IN5. The fourth-order valence-corrected chi connectivity index (χ4v) is 2.33. The molecule has 2 N–H and O–H groups in total. The van der Waals surface area contributed by atoms with Crippen LogP contribution < -0.4 is 15.5 Å². The topological polar surface area (TPSA) is 42.9 Å². The number of guanidine groups is 1. The van der Waals surface area contributed by atoms with Crippen LogP contribution in [0.15, 0.2) is 35.3 Å². The standard InChI is InChI=1S/C18H33N5.HI/c1-5-22(4)16-14-21-18(19-3)20-13-10-15-23(6-2)17-11-8-7-9-12-17;/h7-9,11-12H,5-6,10,13-16H2,1-4H3,(H2,19,20,21);1H. The van der Waals surface area contributed by atoms with Crippen molar-refractivity contribution in [2.75, 3.05) is 58.3 Å². The molecule has 0 amide bonds. The van der Waals surface area contributed by atoms with Crippen LogP contribution in [0.4, 0.5) is 5.69 Å². The van der Waals surface area contributed by atoms with Crippen LogP contribution in [0.2, 0.25) is 0 Å². The van der Waals surface area contributed by atoms with Gasteiger partial charge in [0.15, 0.2) is 5.96 Å². The van der Waals surface area contributed by atoms with Gasteiger partial charge in [-0.15, -0.1) is 24.0 Å². The van der Waals surface area contributed by atoms with Crippen molar-refractivity contribution < 1.29 is 0 Å². The van der Waals surface area contributed by atoms with Gasteiger partial charge >= 0.3 is 0 Å². The van der Waals surface area contributed by atoms with Crippen molar-refractivity contribution in [2.24, 2.45) is 4.99 Å². The van der Waals surface area contributed by atoms with Gasteiger partial charge in [-0.25, -0.2) is 0 Å². The van der Waals surface area contributed by atoms with E-state index in [0.29, 0.717) is 0 Å². The van der Waals surface area contributed by atoms with Crippen molar-refractivity contribution in [2.45, 2.75) is 20.3 Å². The number of hydrogen-bond acceptors (Lipinski definition) is 3. The van der Waals surface area contributed by atoms with E-state index in [9.17, 15) is 0 Å². The molecule has 0 heterocycles. The summed E-state index contributed by atoms with van der Waals surface area (Å²) in [5, 5.41) is 6.74. The normalized spacial score (nSPS) is 11.1. The van der Waals surface area contributed by atoms with Gasteiger partial charge in [0.1, 0.15) is 0 Å². The van der Waals surface area contributed by atoms with Crippen LogP contribution in [0, 0.1) is 0 Å². The number of benzene rings is 1. The molecule has 0 aromatic heterocycles. The van der Waals surface area contributed by atoms with Gasteiger partial charge in [-0.3, -0.25) is 4.99 Å². The summed E-state index contributed by atoms with van der Waals surface area (Å²) in [4.78, 5) is 8.94. The van der Waals surface area contributed by atoms with Crippen LogP contribution in [-0.2, 0) is 0 Å². The van der Waals surface area contributed by atoms with E-state index in [4.69, 9.17) is 0 Å². The number of hydrogen-bond donors (Lipinski definition) is 2.